The van der Waals surface area contributed by atoms with E-state index in [9.17, 15) is 4.79 Å². The molecule has 0 radical (unpaired) electrons. The van der Waals surface area contributed by atoms with Gasteiger partial charge in [-0.3, -0.25) is 4.79 Å². The highest BCUT2D eigenvalue weighted by Gasteiger charge is 2.20. The van der Waals surface area contributed by atoms with Gasteiger partial charge < -0.3 is 15.5 Å². The number of rotatable bonds is 6. The van der Waals surface area contributed by atoms with E-state index in [4.69, 9.17) is 0 Å². The molecule has 1 aliphatic heterocycles. The van der Waals surface area contributed by atoms with Crippen molar-refractivity contribution < 1.29 is 4.79 Å². The summed E-state index contributed by atoms with van der Waals surface area (Å²) in [5.74, 6) is 0.746. The normalized spacial score (nSPS) is 14.0. The van der Waals surface area contributed by atoms with Crippen molar-refractivity contribution in [1.29, 1.82) is 0 Å². The maximum absolute atomic E-state index is 12.6. The minimum atomic E-state index is 0.0675. The van der Waals surface area contributed by atoms with Gasteiger partial charge in [-0.25, -0.2) is 9.98 Å². The Labute approximate surface area is 171 Å². The molecule has 2 heterocycles. The molecule has 0 unspecified atom stereocenters. The number of nitrogens with zero attached hydrogens (tertiary/aromatic N) is 3. The summed E-state index contributed by atoms with van der Waals surface area (Å²) in [6.07, 6.45) is 1.76. The maximum Gasteiger partial charge on any atom is 0.244 e. The second-order valence-corrected chi connectivity index (χ2v) is 8.24. The highest BCUT2D eigenvalue weighted by Crippen LogP contribution is 2.18. The van der Waals surface area contributed by atoms with Crippen LogP contribution in [0.5, 0.6) is 0 Å². The fourth-order valence-electron chi connectivity index (χ4n) is 3.23. The molecule has 0 atom stereocenters. The van der Waals surface area contributed by atoms with Crippen molar-refractivity contribution in [2.45, 2.75) is 40.2 Å². The number of guanidine groups is 1. The van der Waals surface area contributed by atoms with E-state index >= 15 is 0 Å². The van der Waals surface area contributed by atoms with Crippen molar-refractivity contribution in [2.24, 2.45) is 4.99 Å². The van der Waals surface area contributed by atoms with Crippen LogP contribution in [0.2, 0.25) is 0 Å². The third kappa shape index (κ3) is 5.32. The molecule has 1 aliphatic rings. The van der Waals surface area contributed by atoms with Crippen LogP contribution in [0.1, 0.15) is 33.6 Å². The fraction of sp³-hybridized carbons (Fsp3) is 0.476. The van der Waals surface area contributed by atoms with E-state index < -0.39 is 0 Å². The number of nitrogens with one attached hydrogen (secondary N) is 2. The number of fused-ring (bicyclic) bond motifs is 1. The Balaban J connectivity index is 1.51. The van der Waals surface area contributed by atoms with Gasteiger partial charge in [0.15, 0.2) is 5.96 Å². The van der Waals surface area contributed by atoms with Gasteiger partial charge in [0.25, 0.3) is 0 Å². The molecular weight excluding hydrogens is 370 g/mol. The second kappa shape index (κ2) is 9.68. The topological polar surface area (TPSA) is 69.6 Å². The molecule has 3 rings (SSSR count). The summed E-state index contributed by atoms with van der Waals surface area (Å²) in [6.45, 7) is 9.26. The Morgan fingerprint density at radius 3 is 2.75 bits per heavy atom. The lowest BCUT2D eigenvalue weighted by Crippen LogP contribution is -2.41. The third-order valence-electron chi connectivity index (χ3n) is 4.90. The van der Waals surface area contributed by atoms with Crippen molar-refractivity contribution >= 4 is 23.2 Å². The first kappa shape index (κ1) is 20.3. The highest BCUT2D eigenvalue weighted by molar-refractivity contribution is 7.11. The van der Waals surface area contributed by atoms with Crippen LogP contribution in [0.15, 0.2) is 29.3 Å². The van der Waals surface area contributed by atoms with E-state index in [1.165, 1.54) is 16.0 Å². The Bertz CT molecular complexity index is 826. The van der Waals surface area contributed by atoms with Crippen LogP contribution >= 0.6 is 11.3 Å². The highest BCUT2D eigenvalue weighted by atomic mass is 32.1. The lowest BCUT2D eigenvalue weighted by Gasteiger charge is -2.28. The number of thiazole rings is 1. The molecule has 0 saturated heterocycles. The number of hydrogen-bond donors (Lipinski definition) is 2. The summed E-state index contributed by atoms with van der Waals surface area (Å²) >= 11 is 1.74. The predicted octanol–water partition coefficient (Wildman–Crippen LogP) is 2.44. The quantitative estimate of drug-likeness (QED) is 0.578. The van der Waals surface area contributed by atoms with Gasteiger partial charge >= 0.3 is 0 Å². The Kier molecular flexibility index (Phi) is 7.03. The first-order chi connectivity index (χ1) is 13.6. The van der Waals surface area contributed by atoms with Crippen LogP contribution in [-0.2, 0) is 24.2 Å². The minimum Gasteiger partial charge on any atom is -0.357 e. The molecule has 2 aromatic rings. The van der Waals surface area contributed by atoms with Gasteiger partial charge in [0, 0.05) is 37.5 Å². The maximum atomic E-state index is 12.6. The first-order valence-electron chi connectivity index (χ1n) is 9.86. The smallest absolute Gasteiger partial charge is 0.244 e. The third-order valence-corrected chi connectivity index (χ3v) is 6.04. The zero-order valence-electron chi connectivity index (χ0n) is 16.9. The Morgan fingerprint density at radius 1 is 1.25 bits per heavy atom. The summed E-state index contributed by atoms with van der Waals surface area (Å²) in [7, 11) is 0. The van der Waals surface area contributed by atoms with Crippen molar-refractivity contribution in [3.63, 3.8) is 0 Å². The molecule has 0 aliphatic carbocycles. The van der Waals surface area contributed by atoms with Gasteiger partial charge in [-0.2, -0.15) is 0 Å². The Morgan fingerprint density at radius 2 is 2.04 bits per heavy atom. The molecular formula is C21H29N5OS. The van der Waals surface area contributed by atoms with E-state index in [-0.39, 0.29) is 12.5 Å². The van der Waals surface area contributed by atoms with E-state index in [2.05, 4.69) is 45.7 Å². The molecule has 28 heavy (non-hydrogen) atoms. The molecule has 2 N–H and O–H groups in total. The van der Waals surface area contributed by atoms with E-state index in [0.717, 1.165) is 43.2 Å². The monoisotopic (exact) mass is 399 g/mol. The zero-order chi connectivity index (χ0) is 19.9. The molecule has 0 bridgehead atoms. The number of amides is 1. The molecule has 6 nitrogen and oxygen atoms in total. The molecule has 0 spiro atoms. The van der Waals surface area contributed by atoms with Gasteiger partial charge in [0.05, 0.1) is 10.7 Å². The molecule has 1 aromatic heterocycles. The minimum absolute atomic E-state index is 0.0675. The van der Waals surface area contributed by atoms with Gasteiger partial charge in [-0.15, -0.1) is 11.3 Å². The molecule has 1 amide bonds. The van der Waals surface area contributed by atoms with Crippen LogP contribution in [0.25, 0.3) is 0 Å². The average molecular weight is 400 g/mol. The van der Waals surface area contributed by atoms with Crippen LogP contribution in [0, 0.1) is 13.8 Å². The van der Waals surface area contributed by atoms with Crippen molar-refractivity contribution in [3.05, 3.63) is 51.0 Å². The molecule has 150 valence electrons. The predicted molar refractivity (Wildman–Crippen MR) is 115 cm³/mol. The summed E-state index contributed by atoms with van der Waals surface area (Å²) < 4.78 is 0. The number of carbonyl (C=O) groups is 1. The number of benzene rings is 1. The van der Waals surface area contributed by atoms with Crippen LogP contribution in [-0.4, -0.2) is 47.9 Å². The molecule has 7 heteroatoms. The summed E-state index contributed by atoms with van der Waals surface area (Å²) in [5, 5.41) is 7.64. The molecule has 0 fully saturated rings. The standard InChI is InChI=1S/C21H29N5OS/c1-4-22-21(23-11-9-19-25-15(2)16(3)28-19)24-13-20(27)26-12-10-17-7-5-6-8-18(17)14-26/h5-8H,4,9-14H2,1-3H3,(H2,22,23,24). The van der Waals surface area contributed by atoms with E-state index in [0.29, 0.717) is 12.5 Å². The number of aryl methyl sites for hydroxylation is 2. The SMILES string of the molecule is CCNC(=NCC(=O)N1CCc2ccccc2C1)NCCc1nc(C)c(C)s1. The van der Waals surface area contributed by atoms with Gasteiger partial charge in [0.2, 0.25) is 5.91 Å². The van der Waals surface area contributed by atoms with Gasteiger partial charge in [0.1, 0.15) is 6.54 Å². The molecule has 0 saturated carbocycles. The fourth-order valence-corrected chi connectivity index (χ4v) is 4.16. The van der Waals surface area contributed by atoms with Crippen molar-refractivity contribution in [1.82, 2.24) is 20.5 Å². The number of hydrogen-bond acceptors (Lipinski definition) is 4. The van der Waals surface area contributed by atoms with E-state index in [1.807, 2.05) is 24.8 Å². The molecule has 1 aromatic carbocycles. The van der Waals surface area contributed by atoms with Crippen LogP contribution in [0.4, 0.5) is 0 Å². The largest absolute Gasteiger partial charge is 0.357 e. The average Bonchev–Trinajstić information content (AvgIpc) is 3.02. The lowest BCUT2D eigenvalue weighted by atomic mass is 10.00. The van der Waals surface area contributed by atoms with Crippen LogP contribution in [0.3, 0.4) is 0 Å². The van der Waals surface area contributed by atoms with Crippen molar-refractivity contribution in [2.75, 3.05) is 26.2 Å². The lowest BCUT2D eigenvalue weighted by molar-refractivity contribution is -0.130. The number of carbonyl (C=O) groups excluding carboxylic acids is 1. The van der Waals surface area contributed by atoms with Crippen molar-refractivity contribution in [3.8, 4) is 0 Å². The Hall–Kier alpha value is -2.41. The van der Waals surface area contributed by atoms with Gasteiger partial charge in [-0.05, 0) is 38.3 Å². The summed E-state index contributed by atoms with van der Waals surface area (Å²) in [4.78, 5) is 24.8. The number of aliphatic imine (C=N–C) groups is 1. The number of aromatic nitrogens is 1. The van der Waals surface area contributed by atoms with E-state index in [1.54, 1.807) is 11.3 Å². The first-order valence-corrected chi connectivity index (χ1v) is 10.7. The zero-order valence-corrected chi connectivity index (χ0v) is 17.7. The summed E-state index contributed by atoms with van der Waals surface area (Å²) in [6, 6.07) is 8.34. The van der Waals surface area contributed by atoms with Crippen LogP contribution < -0.4 is 10.6 Å². The van der Waals surface area contributed by atoms with Gasteiger partial charge in [-0.1, -0.05) is 24.3 Å². The summed E-state index contributed by atoms with van der Waals surface area (Å²) in [5.41, 5.74) is 3.69. The second-order valence-electron chi connectivity index (χ2n) is 6.96.